The molecule has 0 unspecified atom stereocenters. The van der Waals surface area contributed by atoms with Crippen LogP contribution >= 0.6 is 0 Å². The van der Waals surface area contributed by atoms with Crippen LogP contribution in [0, 0.1) is 30.9 Å². The lowest BCUT2D eigenvalue weighted by Crippen LogP contribution is -2.10. The van der Waals surface area contributed by atoms with Gasteiger partial charge < -0.3 is 5.32 Å². The van der Waals surface area contributed by atoms with Gasteiger partial charge in [-0.05, 0) is 44.9 Å². The summed E-state index contributed by atoms with van der Waals surface area (Å²) in [6.45, 7) is 7.39. The van der Waals surface area contributed by atoms with Crippen LogP contribution in [0.3, 0.4) is 0 Å². The second-order valence-corrected chi connectivity index (χ2v) is 5.21. The Balaban J connectivity index is 1.93. The lowest BCUT2D eigenvalue weighted by Gasteiger charge is -2.09. The summed E-state index contributed by atoms with van der Waals surface area (Å²) in [7, 11) is 0. The number of nitrogens with zero attached hydrogens (tertiary/aromatic N) is 3. The van der Waals surface area contributed by atoms with Crippen molar-refractivity contribution in [2.24, 2.45) is 0 Å². The molecule has 0 fully saturated rings. The van der Waals surface area contributed by atoms with Crippen molar-refractivity contribution in [3.05, 3.63) is 51.3 Å². The van der Waals surface area contributed by atoms with E-state index in [4.69, 9.17) is 0 Å². The summed E-state index contributed by atoms with van der Waals surface area (Å²) in [5, 5.41) is 18.5. The van der Waals surface area contributed by atoms with Crippen molar-refractivity contribution in [1.29, 1.82) is 0 Å². The molecule has 2 aromatic rings. The van der Waals surface area contributed by atoms with Gasteiger partial charge in [-0.2, -0.15) is 5.10 Å². The van der Waals surface area contributed by atoms with Crippen LogP contribution in [-0.4, -0.2) is 21.2 Å². The zero-order valence-corrected chi connectivity index (χ0v) is 12.6. The highest BCUT2D eigenvalue weighted by atomic mass is 16.6. The van der Waals surface area contributed by atoms with E-state index in [2.05, 4.69) is 10.4 Å². The number of nitro groups is 1. The molecule has 2 rings (SSSR count). The van der Waals surface area contributed by atoms with Gasteiger partial charge in [0.05, 0.1) is 10.6 Å². The normalized spacial score (nSPS) is 10.6. The molecule has 0 saturated heterocycles. The molecule has 21 heavy (non-hydrogen) atoms. The van der Waals surface area contributed by atoms with Crippen molar-refractivity contribution >= 4 is 11.4 Å². The SMILES string of the molecule is Cc1ccc([N+](=O)[O-])c(NCCCn2nc(C)cc2C)c1. The molecular formula is C15H20N4O2. The van der Waals surface area contributed by atoms with Gasteiger partial charge >= 0.3 is 0 Å². The van der Waals surface area contributed by atoms with E-state index in [0.29, 0.717) is 12.2 Å². The molecule has 6 heteroatoms. The number of hydrogen-bond donors (Lipinski definition) is 1. The maximum Gasteiger partial charge on any atom is 0.292 e. The minimum atomic E-state index is -0.358. The standard InChI is InChI=1S/C15H20N4O2/c1-11-5-6-15(19(20)21)14(9-11)16-7-4-8-18-13(3)10-12(2)17-18/h5-6,9-10,16H,4,7-8H2,1-3H3. The number of benzene rings is 1. The monoisotopic (exact) mass is 288 g/mol. The zero-order chi connectivity index (χ0) is 15.4. The van der Waals surface area contributed by atoms with Crippen LogP contribution in [0.5, 0.6) is 0 Å². The van der Waals surface area contributed by atoms with E-state index in [1.807, 2.05) is 31.5 Å². The molecular weight excluding hydrogens is 268 g/mol. The highest BCUT2D eigenvalue weighted by Crippen LogP contribution is 2.25. The molecule has 6 nitrogen and oxygen atoms in total. The zero-order valence-electron chi connectivity index (χ0n) is 12.6. The van der Waals surface area contributed by atoms with Crippen molar-refractivity contribution in [3.63, 3.8) is 0 Å². The fourth-order valence-electron chi connectivity index (χ4n) is 2.30. The lowest BCUT2D eigenvalue weighted by molar-refractivity contribution is -0.384. The van der Waals surface area contributed by atoms with Gasteiger partial charge in [0.25, 0.3) is 5.69 Å². The summed E-state index contributed by atoms with van der Waals surface area (Å²) in [5.41, 5.74) is 3.84. The number of aryl methyl sites for hydroxylation is 4. The predicted octanol–water partition coefficient (Wildman–Crippen LogP) is 3.22. The van der Waals surface area contributed by atoms with Crippen LogP contribution in [0.2, 0.25) is 0 Å². The molecule has 1 aromatic carbocycles. The molecule has 0 atom stereocenters. The average Bonchev–Trinajstić information content (AvgIpc) is 2.73. The van der Waals surface area contributed by atoms with Crippen LogP contribution in [0.25, 0.3) is 0 Å². The molecule has 0 spiro atoms. The predicted molar refractivity (Wildman–Crippen MR) is 82.6 cm³/mol. The van der Waals surface area contributed by atoms with Gasteiger partial charge in [0, 0.05) is 24.8 Å². The van der Waals surface area contributed by atoms with Gasteiger partial charge in [0.2, 0.25) is 0 Å². The summed E-state index contributed by atoms with van der Waals surface area (Å²) in [6, 6.07) is 7.14. The van der Waals surface area contributed by atoms with Gasteiger partial charge in [0.1, 0.15) is 5.69 Å². The Morgan fingerprint density at radius 2 is 2.05 bits per heavy atom. The third kappa shape index (κ3) is 3.81. The maximum atomic E-state index is 11.0. The smallest absolute Gasteiger partial charge is 0.292 e. The average molecular weight is 288 g/mol. The Bertz CT molecular complexity index is 649. The fourth-order valence-corrected chi connectivity index (χ4v) is 2.30. The molecule has 0 radical (unpaired) electrons. The van der Waals surface area contributed by atoms with Crippen LogP contribution < -0.4 is 5.32 Å². The Hall–Kier alpha value is -2.37. The third-order valence-electron chi connectivity index (χ3n) is 3.31. The fraction of sp³-hybridized carbons (Fsp3) is 0.400. The highest BCUT2D eigenvalue weighted by molar-refractivity contribution is 5.62. The number of rotatable bonds is 6. The lowest BCUT2D eigenvalue weighted by atomic mass is 10.2. The quantitative estimate of drug-likeness (QED) is 0.503. The minimum absolute atomic E-state index is 0.117. The minimum Gasteiger partial charge on any atom is -0.379 e. The van der Waals surface area contributed by atoms with E-state index >= 15 is 0 Å². The first-order valence-electron chi connectivity index (χ1n) is 6.97. The topological polar surface area (TPSA) is 73.0 Å². The first kappa shape index (κ1) is 15.0. The molecule has 1 heterocycles. The molecule has 0 aliphatic heterocycles. The molecule has 112 valence electrons. The Kier molecular flexibility index (Phi) is 4.57. The van der Waals surface area contributed by atoms with Crippen molar-refractivity contribution in [2.75, 3.05) is 11.9 Å². The van der Waals surface area contributed by atoms with E-state index in [1.165, 1.54) is 0 Å². The Labute approximate surface area is 123 Å². The summed E-state index contributed by atoms with van der Waals surface area (Å²) < 4.78 is 1.96. The third-order valence-corrected chi connectivity index (χ3v) is 3.31. The van der Waals surface area contributed by atoms with Crippen LogP contribution in [0.15, 0.2) is 24.3 Å². The number of aromatic nitrogens is 2. The van der Waals surface area contributed by atoms with Gasteiger partial charge in [-0.15, -0.1) is 0 Å². The maximum absolute atomic E-state index is 11.0. The highest BCUT2D eigenvalue weighted by Gasteiger charge is 2.12. The Morgan fingerprint density at radius 1 is 1.29 bits per heavy atom. The van der Waals surface area contributed by atoms with Gasteiger partial charge in [-0.1, -0.05) is 6.07 Å². The molecule has 0 amide bonds. The van der Waals surface area contributed by atoms with Crippen LogP contribution in [0.1, 0.15) is 23.4 Å². The van der Waals surface area contributed by atoms with E-state index in [1.54, 1.807) is 18.2 Å². The summed E-state index contributed by atoms with van der Waals surface area (Å²) in [6.07, 6.45) is 0.854. The van der Waals surface area contributed by atoms with E-state index in [9.17, 15) is 10.1 Å². The number of nitrogens with one attached hydrogen (secondary N) is 1. The van der Waals surface area contributed by atoms with E-state index in [-0.39, 0.29) is 10.6 Å². The molecule has 0 bridgehead atoms. The molecule has 0 aliphatic carbocycles. The first-order valence-corrected chi connectivity index (χ1v) is 6.97. The summed E-state index contributed by atoms with van der Waals surface area (Å²) in [5.74, 6) is 0. The first-order chi connectivity index (χ1) is 9.97. The van der Waals surface area contributed by atoms with Crippen molar-refractivity contribution in [2.45, 2.75) is 33.7 Å². The summed E-state index contributed by atoms with van der Waals surface area (Å²) in [4.78, 5) is 10.6. The molecule has 1 aromatic heterocycles. The second-order valence-electron chi connectivity index (χ2n) is 5.21. The van der Waals surface area contributed by atoms with Gasteiger partial charge in [-0.25, -0.2) is 0 Å². The molecule has 0 aliphatic rings. The number of anilines is 1. The van der Waals surface area contributed by atoms with Gasteiger partial charge in [-0.3, -0.25) is 14.8 Å². The van der Waals surface area contributed by atoms with Crippen LogP contribution in [0.4, 0.5) is 11.4 Å². The van der Waals surface area contributed by atoms with Crippen molar-refractivity contribution in [1.82, 2.24) is 9.78 Å². The second kappa shape index (κ2) is 6.39. The van der Waals surface area contributed by atoms with E-state index < -0.39 is 0 Å². The molecule has 1 N–H and O–H groups in total. The molecule has 0 saturated carbocycles. The Morgan fingerprint density at radius 3 is 2.67 bits per heavy atom. The summed E-state index contributed by atoms with van der Waals surface area (Å²) >= 11 is 0. The van der Waals surface area contributed by atoms with Gasteiger partial charge in [0.15, 0.2) is 0 Å². The number of hydrogen-bond acceptors (Lipinski definition) is 4. The number of nitro benzene ring substituents is 1. The van der Waals surface area contributed by atoms with Crippen molar-refractivity contribution in [3.8, 4) is 0 Å². The van der Waals surface area contributed by atoms with Crippen LogP contribution in [-0.2, 0) is 6.54 Å². The largest absolute Gasteiger partial charge is 0.379 e. The van der Waals surface area contributed by atoms with E-state index in [0.717, 1.165) is 29.9 Å². The van der Waals surface area contributed by atoms with Crippen molar-refractivity contribution < 1.29 is 4.92 Å².